The number of hydrogen-bond acceptors (Lipinski definition) is 5. The molecule has 0 saturated carbocycles. The average molecular weight is 348 g/mol. The fraction of sp³-hybridized carbons (Fsp3) is 0.0667. The van der Waals surface area contributed by atoms with Crippen LogP contribution >= 0.6 is 22.9 Å². The number of hydrogen-bond donors (Lipinski definition) is 1. The third-order valence-electron chi connectivity index (χ3n) is 3.04. The number of aliphatic carboxylic acids is 1. The van der Waals surface area contributed by atoms with Crippen molar-refractivity contribution in [1.82, 2.24) is 14.4 Å². The van der Waals surface area contributed by atoms with Crippen molar-refractivity contribution in [1.29, 1.82) is 0 Å². The highest BCUT2D eigenvalue weighted by Crippen LogP contribution is 2.19. The first-order chi connectivity index (χ1) is 11.1. The molecule has 23 heavy (non-hydrogen) atoms. The molecule has 0 aliphatic rings. The van der Waals surface area contributed by atoms with Crippen LogP contribution in [0.5, 0.6) is 0 Å². The number of nitrogens with zero attached hydrogens (tertiary/aromatic N) is 3. The summed E-state index contributed by atoms with van der Waals surface area (Å²) in [6.07, 6.45) is 4.71. The van der Waals surface area contributed by atoms with E-state index >= 15 is 0 Å². The minimum atomic E-state index is -1.02. The second-order valence-corrected chi connectivity index (χ2v) is 5.83. The van der Waals surface area contributed by atoms with Gasteiger partial charge in [0.15, 0.2) is 4.96 Å². The Balaban J connectivity index is 2.07. The predicted octanol–water partition coefficient (Wildman–Crippen LogP) is 2.60. The Morgan fingerprint density at radius 2 is 2.22 bits per heavy atom. The molecule has 116 valence electrons. The number of aromatic nitrogens is 3. The largest absolute Gasteiger partial charge is 0.481 e. The van der Waals surface area contributed by atoms with Gasteiger partial charge in [-0.05, 0) is 24.3 Å². The lowest BCUT2D eigenvalue weighted by molar-refractivity contribution is -0.136. The SMILES string of the molecule is O=C(O)Cc1csc2nc(/C=C/c3ccccn3)c(Cl)c(=O)n12. The molecule has 0 aliphatic carbocycles. The van der Waals surface area contributed by atoms with Crippen molar-refractivity contribution in [3.8, 4) is 0 Å². The van der Waals surface area contributed by atoms with Gasteiger partial charge in [-0.15, -0.1) is 11.3 Å². The van der Waals surface area contributed by atoms with Crippen LogP contribution in [0.1, 0.15) is 17.1 Å². The molecular weight excluding hydrogens is 338 g/mol. The van der Waals surface area contributed by atoms with Gasteiger partial charge >= 0.3 is 5.97 Å². The van der Waals surface area contributed by atoms with Crippen molar-refractivity contribution < 1.29 is 9.90 Å². The molecule has 3 aromatic rings. The molecule has 6 nitrogen and oxygen atoms in total. The van der Waals surface area contributed by atoms with E-state index in [0.29, 0.717) is 22.0 Å². The lowest BCUT2D eigenvalue weighted by Crippen LogP contribution is -2.19. The van der Waals surface area contributed by atoms with Gasteiger partial charge in [0.25, 0.3) is 5.56 Å². The van der Waals surface area contributed by atoms with Gasteiger partial charge in [-0.1, -0.05) is 17.7 Å². The van der Waals surface area contributed by atoms with E-state index in [1.807, 2.05) is 12.1 Å². The molecule has 0 amide bonds. The number of pyridine rings is 1. The molecule has 3 aromatic heterocycles. The van der Waals surface area contributed by atoms with E-state index in [1.54, 1.807) is 29.8 Å². The molecule has 0 aliphatic heterocycles. The lowest BCUT2D eigenvalue weighted by atomic mass is 10.3. The first kappa shape index (κ1) is 15.4. The van der Waals surface area contributed by atoms with Crippen LogP contribution in [0.25, 0.3) is 17.1 Å². The van der Waals surface area contributed by atoms with E-state index in [2.05, 4.69) is 9.97 Å². The van der Waals surface area contributed by atoms with Crippen molar-refractivity contribution in [2.45, 2.75) is 6.42 Å². The molecule has 0 bridgehead atoms. The van der Waals surface area contributed by atoms with Crippen LogP contribution in [-0.4, -0.2) is 25.4 Å². The molecule has 0 unspecified atom stereocenters. The monoisotopic (exact) mass is 347 g/mol. The molecule has 0 radical (unpaired) electrons. The number of halogens is 1. The average Bonchev–Trinajstić information content (AvgIpc) is 2.92. The van der Waals surface area contributed by atoms with Crippen LogP contribution in [0.4, 0.5) is 0 Å². The summed E-state index contributed by atoms with van der Waals surface area (Å²) < 4.78 is 1.24. The van der Waals surface area contributed by atoms with Gasteiger partial charge in [0.1, 0.15) is 5.02 Å². The minimum absolute atomic E-state index is 0.0558. The third kappa shape index (κ3) is 3.15. The van der Waals surface area contributed by atoms with E-state index < -0.39 is 11.5 Å². The number of fused-ring (bicyclic) bond motifs is 1. The Bertz CT molecular complexity index is 963. The molecule has 8 heteroatoms. The molecule has 0 aromatic carbocycles. The number of thiazole rings is 1. The van der Waals surface area contributed by atoms with Gasteiger partial charge in [-0.25, -0.2) is 4.98 Å². The Morgan fingerprint density at radius 3 is 2.91 bits per heavy atom. The highest BCUT2D eigenvalue weighted by Gasteiger charge is 2.15. The van der Waals surface area contributed by atoms with Crippen LogP contribution in [0.3, 0.4) is 0 Å². The zero-order chi connectivity index (χ0) is 16.4. The topological polar surface area (TPSA) is 84.6 Å². The summed E-state index contributed by atoms with van der Waals surface area (Å²) in [7, 11) is 0. The summed E-state index contributed by atoms with van der Waals surface area (Å²) in [5, 5.41) is 10.4. The molecule has 3 heterocycles. The maximum absolute atomic E-state index is 12.4. The summed E-state index contributed by atoms with van der Waals surface area (Å²) in [5.41, 5.74) is 0.918. The summed E-state index contributed by atoms with van der Waals surface area (Å²) in [4.78, 5) is 32.1. The number of rotatable bonds is 4. The number of carboxylic acids is 1. The van der Waals surface area contributed by atoms with Crippen molar-refractivity contribution in [2.24, 2.45) is 0 Å². The van der Waals surface area contributed by atoms with Crippen LogP contribution in [0, 0.1) is 0 Å². The second-order valence-electron chi connectivity index (χ2n) is 4.62. The zero-order valence-corrected chi connectivity index (χ0v) is 13.2. The van der Waals surface area contributed by atoms with Crippen molar-refractivity contribution in [3.05, 3.63) is 62.2 Å². The first-order valence-corrected chi connectivity index (χ1v) is 7.81. The summed E-state index contributed by atoms with van der Waals surface area (Å²) in [6, 6.07) is 5.46. The number of carboxylic acid groups (broad SMARTS) is 1. The number of carbonyl (C=O) groups is 1. The lowest BCUT2D eigenvalue weighted by Gasteiger charge is -2.02. The Kier molecular flexibility index (Phi) is 4.22. The molecule has 0 atom stereocenters. The fourth-order valence-electron chi connectivity index (χ4n) is 2.03. The standard InChI is InChI=1S/C15H10ClN3O3S/c16-13-11(5-4-9-3-1-2-6-17-9)18-15-19(14(13)22)10(8-23-15)7-12(20)21/h1-6,8H,7H2,(H,20,21)/b5-4+. The summed E-state index contributed by atoms with van der Waals surface area (Å²) in [6.45, 7) is 0. The molecule has 1 N–H and O–H groups in total. The van der Waals surface area contributed by atoms with Crippen LogP contribution in [-0.2, 0) is 11.2 Å². The van der Waals surface area contributed by atoms with Crippen LogP contribution in [0.15, 0.2) is 34.6 Å². The van der Waals surface area contributed by atoms with E-state index in [1.165, 1.54) is 15.7 Å². The van der Waals surface area contributed by atoms with Gasteiger partial charge < -0.3 is 5.11 Å². The van der Waals surface area contributed by atoms with E-state index in [0.717, 1.165) is 0 Å². The molecule has 0 fully saturated rings. The fourth-order valence-corrected chi connectivity index (χ4v) is 3.10. The highest BCUT2D eigenvalue weighted by atomic mass is 35.5. The van der Waals surface area contributed by atoms with Gasteiger partial charge in [0, 0.05) is 17.3 Å². The second kappa shape index (κ2) is 6.31. The van der Waals surface area contributed by atoms with Crippen molar-refractivity contribution in [3.63, 3.8) is 0 Å². The zero-order valence-electron chi connectivity index (χ0n) is 11.6. The highest BCUT2D eigenvalue weighted by molar-refractivity contribution is 7.15. The smallest absolute Gasteiger partial charge is 0.309 e. The van der Waals surface area contributed by atoms with Crippen molar-refractivity contribution >= 4 is 46.0 Å². The van der Waals surface area contributed by atoms with Gasteiger partial charge in [-0.2, -0.15) is 0 Å². The third-order valence-corrected chi connectivity index (χ3v) is 4.27. The van der Waals surface area contributed by atoms with E-state index in [-0.39, 0.29) is 11.4 Å². The van der Waals surface area contributed by atoms with Gasteiger partial charge in [0.2, 0.25) is 0 Å². The molecule has 3 rings (SSSR count). The first-order valence-electron chi connectivity index (χ1n) is 6.56. The van der Waals surface area contributed by atoms with Crippen molar-refractivity contribution in [2.75, 3.05) is 0 Å². The van der Waals surface area contributed by atoms with Crippen LogP contribution in [0.2, 0.25) is 5.02 Å². The Labute approximate surface area is 139 Å². The van der Waals surface area contributed by atoms with E-state index in [4.69, 9.17) is 16.7 Å². The Morgan fingerprint density at radius 1 is 1.39 bits per heavy atom. The maximum atomic E-state index is 12.4. The molecule has 0 saturated heterocycles. The van der Waals surface area contributed by atoms with Gasteiger partial charge in [-0.3, -0.25) is 19.0 Å². The molecular formula is C15H10ClN3O3S. The van der Waals surface area contributed by atoms with E-state index in [9.17, 15) is 9.59 Å². The quantitative estimate of drug-likeness (QED) is 0.784. The van der Waals surface area contributed by atoms with Crippen LogP contribution < -0.4 is 5.56 Å². The summed E-state index contributed by atoms with van der Waals surface area (Å²) >= 11 is 7.29. The predicted molar refractivity (Wildman–Crippen MR) is 88.9 cm³/mol. The minimum Gasteiger partial charge on any atom is -0.481 e. The maximum Gasteiger partial charge on any atom is 0.309 e. The van der Waals surface area contributed by atoms with Gasteiger partial charge in [0.05, 0.1) is 17.8 Å². The molecule has 0 spiro atoms. The normalized spacial score (nSPS) is 11.3. The Hall–Kier alpha value is -2.51. The summed E-state index contributed by atoms with van der Waals surface area (Å²) in [5.74, 6) is -1.02.